The van der Waals surface area contributed by atoms with Gasteiger partial charge in [0.2, 0.25) is 0 Å². The van der Waals surface area contributed by atoms with E-state index < -0.39 is 0 Å². The number of amides is 2. The van der Waals surface area contributed by atoms with Gasteiger partial charge in [0.15, 0.2) is 6.61 Å². The monoisotopic (exact) mass is 388 g/mol. The minimum atomic E-state index is -0.268. The molecule has 2 amide bonds. The average molecular weight is 388 g/mol. The third-order valence-electron chi connectivity index (χ3n) is 4.70. The van der Waals surface area contributed by atoms with E-state index in [2.05, 4.69) is 5.32 Å². The summed E-state index contributed by atoms with van der Waals surface area (Å²) in [6.07, 6.45) is 0. The van der Waals surface area contributed by atoms with Crippen molar-refractivity contribution in [3.05, 3.63) is 83.9 Å². The molecule has 0 atom stereocenters. The van der Waals surface area contributed by atoms with Gasteiger partial charge in [0.1, 0.15) is 11.5 Å². The van der Waals surface area contributed by atoms with E-state index in [0.717, 1.165) is 5.56 Å². The van der Waals surface area contributed by atoms with E-state index in [9.17, 15) is 9.59 Å². The van der Waals surface area contributed by atoms with Crippen LogP contribution >= 0.6 is 0 Å². The maximum atomic E-state index is 12.7. The first kappa shape index (κ1) is 18.6. The van der Waals surface area contributed by atoms with Crippen molar-refractivity contribution < 1.29 is 19.1 Å². The van der Waals surface area contributed by atoms with Crippen LogP contribution in [0, 0.1) is 0 Å². The van der Waals surface area contributed by atoms with Crippen LogP contribution < -0.4 is 19.7 Å². The van der Waals surface area contributed by atoms with Crippen molar-refractivity contribution in [3.63, 3.8) is 0 Å². The van der Waals surface area contributed by atoms with E-state index in [1.807, 2.05) is 30.3 Å². The summed E-state index contributed by atoms with van der Waals surface area (Å²) in [5, 5.41) is 2.85. The van der Waals surface area contributed by atoms with Gasteiger partial charge in [0.05, 0.1) is 19.3 Å². The van der Waals surface area contributed by atoms with Gasteiger partial charge >= 0.3 is 0 Å². The highest BCUT2D eigenvalue weighted by molar-refractivity contribution is 6.06. The molecule has 0 aromatic heterocycles. The van der Waals surface area contributed by atoms with Gasteiger partial charge in [-0.3, -0.25) is 9.59 Å². The van der Waals surface area contributed by atoms with Crippen LogP contribution in [0.15, 0.2) is 72.8 Å². The lowest BCUT2D eigenvalue weighted by Crippen LogP contribution is -2.38. The lowest BCUT2D eigenvalue weighted by molar-refractivity contribution is -0.121. The lowest BCUT2D eigenvalue weighted by Gasteiger charge is -2.29. The fraction of sp³-hybridized carbons (Fsp3) is 0.130. The van der Waals surface area contributed by atoms with Crippen molar-refractivity contribution in [2.45, 2.75) is 6.54 Å². The van der Waals surface area contributed by atoms with Crippen LogP contribution in [0.1, 0.15) is 15.9 Å². The topological polar surface area (TPSA) is 67.9 Å². The van der Waals surface area contributed by atoms with Gasteiger partial charge in [-0.05, 0) is 48.0 Å². The predicted octanol–water partition coefficient (Wildman–Crippen LogP) is 3.87. The molecule has 0 saturated heterocycles. The number of carbonyl (C=O) groups excluding carboxylic acids is 2. The maximum Gasteiger partial charge on any atom is 0.265 e. The molecule has 6 heteroatoms. The van der Waals surface area contributed by atoms with Crippen molar-refractivity contribution in [1.82, 2.24) is 0 Å². The quantitative estimate of drug-likeness (QED) is 0.720. The highest BCUT2D eigenvalue weighted by atomic mass is 16.5. The molecule has 0 unspecified atom stereocenters. The Bertz CT molecular complexity index is 1030. The second kappa shape index (κ2) is 8.06. The molecule has 1 aliphatic rings. The van der Waals surface area contributed by atoms with Crippen molar-refractivity contribution in [3.8, 4) is 11.5 Å². The van der Waals surface area contributed by atoms with Crippen LogP contribution in [-0.4, -0.2) is 25.5 Å². The number of fused-ring (bicyclic) bond motifs is 1. The summed E-state index contributed by atoms with van der Waals surface area (Å²) in [4.78, 5) is 26.8. The second-order valence-electron chi connectivity index (χ2n) is 6.62. The van der Waals surface area contributed by atoms with Crippen LogP contribution in [0.2, 0.25) is 0 Å². The van der Waals surface area contributed by atoms with Crippen molar-refractivity contribution in [2.24, 2.45) is 0 Å². The van der Waals surface area contributed by atoms with Crippen molar-refractivity contribution in [1.29, 1.82) is 0 Å². The molecule has 0 spiro atoms. The van der Waals surface area contributed by atoms with Gasteiger partial charge in [0, 0.05) is 11.3 Å². The Morgan fingerprint density at radius 1 is 1.07 bits per heavy atom. The van der Waals surface area contributed by atoms with E-state index >= 15 is 0 Å². The lowest BCUT2D eigenvalue weighted by atomic mass is 10.1. The zero-order valence-electron chi connectivity index (χ0n) is 15.9. The number of hydrogen-bond donors (Lipinski definition) is 1. The van der Waals surface area contributed by atoms with Crippen LogP contribution in [-0.2, 0) is 11.3 Å². The van der Waals surface area contributed by atoms with Gasteiger partial charge in [-0.2, -0.15) is 0 Å². The Morgan fingerprint density at radius 2 is 1.83 bits per heavy atom. The number of nitrogens with zero attached hydrogens (tertiary/aromatic N) is 1. The molecule has 1 heterocycles. The third kappa shape index (κ3) is 4.06. The molecule has 29 heavy (non-hydrogen) atoms. The minimum Gasteiger partial charge on any atom is -0.497 e. The Labute approximate surface area is 168 Å². The Morgan fingerprint density at radius 3 is 2.55 bits per heavy atom. The Balaban J connectivity index is 1.58. The number of carbonyl (C=O) groups is 2. The summed E-state index contributed by atoms with van der Waals surface area (Å²) in [5.41, 5.74) is 2.69. The zero-order chi connectivity index (χ0) is 20.2. The highest BCUT2D eigenvalue weighted by Crippen LogP contribution is 2.34. The maximum absolute atomic E-state index is 12.7. The van der Waals surface area contributed by atoms with E-state index in [-0.39, 0.29) is 18.4 Å². The van der Waals surface area contributed by atoms with Crippen LogP contribution in [0.4, 0.5) is 11.4 Å². The molecular formula is C23H20N2O4. The SMILES string of the molecule is COc1ccc(NC(=O)c2ccc3c(c2)N(Cc2ccccc2)C(=O)CO3)cc1. The van der Waals surface area contributed by atoms with Crippen molar-refractivity contribution >= 4 is 23.2 Å². The number of nitrogens with one attached hydrogen (secondary N) is 1. The molecule has 4 rings (SSSR count). The van der Waals surface area contributed by atoms with Gasteiger partial charge < -0.3 is 19.7 Å². The molecule has 3 aromatic rings. The molecule has 0 bridgehead atoms. The normalized spacial score (nSPS) is 12.7. The standard InChI is InChI=1S/C23H20N2O4/c1-28-19-10-8-18(9-11-19)24-23(27)17-7-12-21-20(13-17)25(22(26)15-29-21)14-16-5-3-2-4-6-16/h2-13H,14-15H2,1H3,(H,24,27). The smallest absolute Gasteiger partial charge is 0.265 e. The van der Waals surface area contributed by atoms with Crippen LogP contribution in [0.25, 0.3) is 0 Å². The van der Waals surface area contributed by atoms with E-state index in [1.54, 1.807) is 54.5 Å². The molecule has 0 aliphatic carbocycles. The number of rotatable bonds is 5. The molecule has 0 saturated carbocycles. The number of methoxy groups -OCH3 is 1. The first-order valence-electron chi connectivity index (χ1n) is 9.20. The minimum absolute atomic E-state index is 0.0166. The molecule has 1 aliphatic heterocycles. The largest absolute Gasteiger partial charge is 0.497 e. The summed E-state index contributed by atoms with van der Waals surface area (Å²) < 4.78 is 10.7. The fourth-order valence-corrected chi connectivity index (χ4v) is 3.16. The van der Waals surface area contributed by atoms with Crippen LogP contribution in [0.5, 0.6) is 11.5 Å². The van der Waals surface area contributed by atoms with E-state index in [4.69, 9.17) is 9.47 Å². The molecule has 0 fully saturated rings. The molecule has 1 N–H and O–H groups in total. The fourth-order valence-electron chi connectivity index (χ4n) is 3.16. The highest BCUT2D eigenvalue weighted by Gasteiger charge is 2.26. The number of hydrogen-bond acceptors (Lipinski definition) is 4. The number of ether oxygens (including phenoxy) is 2. The summed E-state index contributed by atoms with van der Waals surface area (Å²) in [6, 6.07) is 21.9. The average Bonchev–Trinajstić information content (AvgIpc) is 2.76. The van der Waals surface area contributed by atoms with E-state index in [1.165, 1.54) is 0 Å². The molecule has 0 radical (unpaired) electrons. The van der Waals surface area contributed by atoms with Crippen LogP contribution in [0.3, 0.4) is 0 Å². The zero-order valence-corrected chi connectivity index (χ0v) is 15.9. The Hall–Kier alpha value is -3.80. The molecule has 146 valence electrons. The molecule has 6 nitrogen and oxygen atoms in total. The molecular weight excluding hydrogens is 368 g/mol. The third-order valence-corrected chi connectivity index (χ3v) is 4.70. The van der Waals surface area contributed by atoms with E-state index in [0.29, 0.717) is 35.0 Å². The Kier molecular flexibility index (Phi) is 5.16. The first-order chi connectivity index (χ1) is 14.1. The summed E-state index contributed by atoms with van der Waals surface area (Å²) in [6.45, 7) is 0.400. The first-order valence-corrected chi connectivity index (χ1v) is 9.20. The summed E-state index contributed by atoms with van der Waals surface area (Å²) in [5.74, 6) is 0.884. The second-order valence-corrected chi connectivity index (χ2v) is 6.62. The van der Waals surface area contributed by atoms with Gasteiger partial charge in [-0.25, -0.2) is 0 Å². The van der Waals surface area contributed by atoms with Crippen molar-refractivity contribution in [2.75, 3.05) is 23.9 Å². The molecule has 3 aromatic carbocycles. The van der Waals surface area contributed by atoms with Gasteiger partial charge in [-0.15, -0.1) is 0 Å². The summed E-state index contributed by atoms with van der Waals surface area (Å²) in [7, 11) is 1.59. The number of anilines is 2. The number of benzene rings is 3. The summed E-state index contributed by atoms with van der Waals surface area (Å²) >= 11 is 0. The van der Waals surface area contributed by atoms with Gasteiger partial charge in [0.25, 0.3) is 11.8 Å². The van der Waals surface area contributed by atoms with Gasteiger partial charge in [-0.1, -0.05) is 30.3 Å². The predicted molar refractivity (Wildman–Crippen MR) is 111 cm³/mol.